The molecule has 0 unspecified atom stereocenters. The molecule has 19 heavy (non-hydrogen) atoms. The van der Waals surface area contributed by atoms with E-state index in [1.54, 1.807) is 12.1 Å². The Morgan fingerprint density at radius 3 is 2.42 bits per heavy atom. The van der Waals surface area contributed by atoms with Crippen molar-refractivity contribution in [2.24, 2.45) is 11.8 Å². The first-order valence-corrected chi connectivity index (χ1v) is 8.09. The van der Waals surface area contributed by atoms with Crippen LogP contribution < -0.4 is 0 Å². The Morgan fingerprint density at radius 2 is 1.89 bits per heavy atom. The highest BCUT2D eigenvalue weighted by atomic mass is 32.2. The van der Waals surface area contributed by atoms with Crippen molar-refractivity contribution in [1.29, 1.82) is 0 Å². The van der Waals surface area contributed by atoms with Crippen molar-refractivity contribution in [2.45, 2.75) is 23.7 Å². The highest BCUT2D eigenvalue weighted by molar-refractivity contribution is 7.91. The lowest BCUT2D eigenvalue weighted by molar-refractivity contribution is 0.584. The van der Waals surface area contributed by atoms with Crippen LogP contribution in [0.25, 0.3) is 4.85 Å². The third-order valence-corrected chi connectivity index (χ3v) is 5.64. The zero-order chi connectivity index (χ0) is 13.5. The minimum atomic E-state index is -3.43. The molecule has 0 amide bonds. The molecule has 2 aliphatic rings. The van der Waals surface area contributed by atoms with Gasteiger partial charge in [0, 0.05) is 0 Å². The van der Waals surface area contributed by atoms with Crippen molar-refractivity contribution in [3.05, 3.63) is 53.4 Å². The Hall–Kier alpha value is -1.60. The minimum Gasteiger partial charge on any atom is -0.299 e. The lowest BCUT2D eigenvalue weighted by Gasteiger charge is -2.18. The number of hydrogen-bond acceptors (Lipinski definition) is 2. The van der Waals surface area contributed by atoms with Gasteiger partial charge < -0.3 is 0 Å². The first-order valence-electron chi connectivity index (χ1n) is 6.44. The monoisotopic (exact) mass is 273 g/mol. The molecule has 0 aromatic heterocycles. The Morgan fingerprint density at radius 1 is 1.16 bits per heavy atom. The van der Waals surface area contributed by atoms with Crippen molar-refractivity contribution in [2.75, 3.05) is 5.88 Å². The Kier molecular flexibility index (Phi) is 2.94. The van der Waals surface area contributed by atoms with Gasteiger partial charge in [-0.05, 0) is 48.3 Å². The molecule has 0 N–H and O–H groups in total. The molecule has 0 aliphatic heterocycles. The van der Waals surface area contributed by atoms with Gasteiger partial charge in [-0.3, -0.25) is 4.85 Å². The summed E-state index contributed by atoms with van der Waals surface area (Å²) in [6, 6.07) is 7.11. The Bertz CT molecular complexity index is 652. The van der Waals surface area contributed by atoms with E-state index in [9.17, 15) is 8.42 Å². The number of fused-ring (bicyclic) bond motifs is 2. The summed E-state index contributed by atoms with van der Waals surface area (Å²) in [6.45, 7) is 6.68. The maximum absolute atomic E-state index is 11.8. The molecule has 3 atom stereocenters. The van der Waals surface area contributed by atoms with Gasteiger partial charge in [0.25, 0.3) is 9.84 Å². The largest absolute Gasteiger partial charge is 0.316 e. The van der Waals surface area contributed by atoms with E-state index in [1.807, 2.05) is 12.1 Å². The predicted molar refractivity (Wildman–Crippen MR) is 73.2 cm³/mol. The lowest BCUT2D eigenvalue weighted by atomic mass is 9.87. The molecule has 1 aromatic carbocycles. The Labute approximate surface area is 113 Å². The maximum Gasteiger partial charge on any atom is 0.316 e. The van der Waals surface area contributed by atoms with Crippen LogP contribution in [-0.2, 0) is 9.84 Å². The van der Waals surface area contributed by atoms with E-state index in [0.29, 0.717) is 17.8 Å². The molecule has 1 aromatic rings. The van der Waals surface area contributed by atoms with Crippen LogP contribution >= 0.6 is 0 Å². The van der Waals surface area contributed by atoms with Crippen molar-refractivity contribution in [3.8, 4) is 0 Å². The van der Waals surface area contributed by atoms with Crippen LogP contribution in [-0.4, -0.2) is 14.3 Å². The molecule has 0 heterocycles. The highest BCUT2D eigenvalue weighted by Crippen LogP contribution is 2.48. The number of sulfone groups is 1. The summed E-state index contributed by atoms with van der Waals surface area (Å²) in [5, 5.41) is 0. The molecule has 2 aliphatic carbocycles. The lowest BCUT2D eigenvalue weighted by Crippen LogP contribution is -2.07. The third kappa shape index (κ3) is 2.19. The van der Waals surface area contributed by atoms with Crippen LogP contribution in [0.4, 0.5) is 0 Å². The van der Waals surface area contributed by atoms with E-state index in [-0.39, 0.29) is 4.90 Å². The normalized spacial score (nSPS) is 28.5. The molecule has 3 rings (SSSR count). The molecule has 0 saturated heterocycles. The van der Waals surface area contributed by atoms with Crippen molar-refractivity contribution in [1.82, 2.24) is 0 Å². The molecule has 0 spiro atoms. The van der Waals surface area contributed by atoms with E-state index < -0.39 is 15.7 Å². The number of rotatable bonds is 3. The topological polar surface area (TPSA) is 38.5 Å². The minimum absolute atomic E-state index is 0.256. The summed E-state index contributed by atoms with van der Waals surface area (Å²) < 4.78 is 23.5. The average molecular weight is 273 g/mol. The number of benzene rings is 1. The van der Waals surface area contributed by atoms with E-state index in [4.69, 9.17) is 6.57 Å². The van der Waals surface area contributed by atoms with Crippen molar-refractivity contribution in [3.63, 3.8) is 0 Å². The second-order valence-corrected chi connectivity index (χ2v) is 7.32. The zero-order valence-electron chi connectivity index (χ0n) is 10.5. The van der Waals surface area contributed by atoms with E-state index in [2.05, 4.69) is 17.0 Å². The summed E-state index contributed by atoms with van der Waals surface area (Å²) in [5.41, 5.74) is 1.22. The highest BCUT2D eigenvalue weighted by Gasteiger charge is 2.36. The summed E-state index contributed by atoms with van der Waals surface area (Å²) in [4.78, 5) is 3.22. The van der Waals surface area contributed by atoms with Crippen LogP contribution in [0.2, 0.25) is 0 Å². The fourth-order valence-corrected chi connectivity index (χ4v) is 4.12. The smallest absolute Gasteiger partial charge is 0.299 e. The van der Waals surface area contributed by atoms with Crippen LogP contribution in [0.3, 0.4) is 0 Å². The number of allylic oxidation sites excluding steroid dienone is 2. The first-order chi connectivity index (χ1) is 9.10. The molecule has 0 radical (unpaired) electrons. The van der Waals surface area contributed by atoms with Crippen molar-refractivity contribution >= 4 is 9.84 Å². The second kappa shape index (κ2) is 4.50. The number of hydrogen-bond donors (Lipinski definition) is 0. The van der Waals surface area contributed by atoms with Gasteiger partial charge in [-0.1, -0.05) is 24.3 Å². The van der Waals surface area contributed by atoms with Gasteiger partial charge in [0.05, 0.1) is 4.90 Å². The maximum atomic E-state index is 11.8. The molecule has 1 saturated carbocycles. The van der Waals surface area contributed by atoms with Crippen LogP contribution in [0.1, 0.15) is 24.3 Å². The van der Waals surface area contributed by atoms with Crippen LogP contribution in [0.5, 0.6) is 0 Å². The SMILES string of the molecule is [C-]#[N+]CS(=O)(=O)c1ccc([C@@H]2C[C@H]3C=C[C@@H]2C3)cc1. The average Bonchev–Trinajstić information content (AvgIpc) is 3.01. The van der Waals surface area contributed by atoms with Gasteiger partial charge in [-0.15, -0.1) is 0 Å². The second-order valence-electron chi connectivity index (χ2n) is 5.36. The number of nitrogens with zero attached hydrogens (tertiary/aromatic N) is 1. The molecule has 98 valence electrons. The quantitative estimate of drug-likeness (QED) is 0.627. The van der Waals surface area contributed by atoms with Gasteiger partial charge in [-0.25, -0.2) is 15.0 Å². The van der Waals surface area contributed by atoms with Crippen LogP contribution in [0, 0.1) is 18.4 Å². The first kappa shape index (κ1) is 12.4. The van der Waals surface area contributed by atoms with E-state index in [0.717, 1.165) is 0 Å². The molecular formula is C15H15NO2S. The summed E-state index contributed by atoms with van der Waals surface area (Å²) >= 11 is 0. The summed E-state index contributed by atoms with van der Waals surface area (Å²) in [6.07, 6.45) is 7.01. The van der Waals surface area contributed by atoms with Crippen molar-refractivity contribution < 1.29 is 8.42 Å². The van der Waals surface area contributed by atoms with Gasteiger partial charge in [0.1, 0.15) is 0 Å². The van der Waals surface area contributed by atoms with Gasteiger partial charge in [0.2, 0.25) is 0 Å². The predicted octanol–water partition coefficient (Wildman–Crippen LogP) is 3.02. The van der Waals surface area contributed by atoms with Gasteiger partial charge in [-0.2, -0.15) is 0 Å². The van der Waals surface area contributed by atoms with Gasteiger partial charge in [0.15, 0.2) is 0 Å². The Balaban J connectivity index is 1.84. The third-order valence-electron chi connectivity index (χ3n) is 4.18. The fraction of sp³-hybridized carbons (Fsp3) is 0.400. The standard InChI is InChI=1S/C15H15NO2S/c1-16-10-19(17,18)14-6-4-12(5-7-14)15-9-11-2-3-13(15)8-11/h2-7,11,13,15H,8-10H2/t11-,13+,15-/m0/s1. The summed E-state index contributed by atoms with van der Waals surface area (Å²) in [7, 11) is -3.43. The fourth-order valence-electron chi connectivity index (χ4n) is 3.25. The van der Waals surface area contributed by atoms with Crippen LogP contribution in [0.15, 0.2) is 41.3 Å². The molecule has 3 nitrogen and oxygen atoms in total. The molecule has 2 bridgehead atoms. The van der Waals surface area contributed by atoms with E-state index >= 15 is 0 Å². The molecule has 4 heteroatoms. The van der Waals surface area contributed by atoms with E-state index in [1.165, 1.54) is 18.4 Å². The summed E-state index contributed by atoms with van der Waals surface area (Å²) in [5.74, 6) is 1.40. The molecular weight excluding hydrogens is 258 g/mol. The zero-order valence-corrected chi connectivity index (χ0v) is 11.3. The molecule has 1 fully saturated rings. The van der Waals surface area contributed by atoms with Gasteiger partial charge >= 0.3 is 5.88 Å².